The Hall–Kier alpha value is -0.860. The second-order valence-electron chi connectivity index (χ2n) is 6.58. The van der Waals surface area contributed by atoms with Crippen molar-refractivity contribution in [2.24, 2.45) is 5.41 Å². The molecule has 0 rings (SSSR count). The summed E-state index contributed by atoms with van der Waals surface area (Å²) in [5, 5.41) is 0. The summed E-state index contributed by atoms with van der Waals surface area (Å²) in [4.78, 5) is 24.7. The molecule has 0 aliphatic carbocycles. The minimum absolute atomic E-state index is 0.188. The smallest absolute Gasteiger partial charge is 0.222 e. The van der Waals surface area contributed by atoms with Crippen molar-refractivity contribution >= 4 is 11.7 Å². The van der Waals surface area contributed by atoms with Crippen LogP contribution in [0.2, 0.25) is 0 Å². The Labute approximate surface area is 118 Å². The Bertz CT molecular complexity index is 277. The summed E-state index contributed by atoms with van der Waals surface area (Å²) in [6.45, 7) is 5.95. The van der Waals surface area contributed by atoms with Crippen molar-refractivity contribution in [3.05, 3.63) is 0 Å². The fraction of sp³-hybridized carbons (Fsp3) is 0.875. The summed E-state index contributed by atoms with van der Waals surface area (Å²) in [5.74, 6) is 0.583. The first-order chi connectivity index (χ1) is 8.75. The molecular weight excluding hydrogens is 238 g/mol. The van der Waals surface area contributed by atoms with E-state index >= 15 is 0 Å². The van der Waals surface area contributed by atoms with E-state index in [2.05, 4.69) is 0 Å². The molecule has 0 aromatic carbocycles. The van der Waals surface area contributed by atoms with Crippen molar-refractivity contribution in [3.8, 4) is 0 Å². The molecule has 0 spiro atoms. The van der Waals surface area contributed by atoms with Gasteiger partial charge in [-0.2, -0.15) is 0 Å². The van der Waals surface area contributed by atoms with Crippen LogP contribution >= 0.6 is 0 Å². The highest BCUT2D eigenvalue weighted by Gasteiger charge is 2.19. The van der Waals surface area contributed by atoms with Crippen molar-refractivity contribution in [2.45, 2.75) is 72.1 Å². The van der Waals surface area contributed by atoms with E-state index in [0.29, 0.717) is 18.6 Å². The summed E-state index contributed by atoms with van der Waals surface area (Å²) < 4.78 is 0. The lowest BCUT2D eigenvalue weighted by molar-refractivity contribution is -0.129. The Morgan fingerprint density at radius 3 is 1.63 bits per heavy atom. The predicted octanol–water partition coefficient (Wildman–Crippen LogP) is 3.81. The van der Waals surface area contributed by atoms with E-state index in [0.717, 1.165) is 25.7 Å². The Kier molecular flexibility index (Phi) is 8.70. The number of unbranched alkanes of at least 4 members (excludes halogenated alkanes) is 5. The van der Waals surface area contributed by atoms with Crippen LogP contribution in [0.5, 0.6) is 0 Å². The van der Waals surface area contributed by atoms with Crippen LogP contribution in [-0.4, -0.2) is 30.7 Å². The molecule has 0 aromatic heterocycles. The predicted molar refractivity (Wildman–Crippen MR) is 80.1 cm³/mol. The van der Waals surface area contributed by atoms with Crippen molar-refractivity contribution in [1.29, 1.82) is 0 Å². The van der Waals surface area contributed by atoms with Gasteiger partial charge in [-0.25, -0.2) is 0 Å². The zero-order valence-corrected chi connectivity index (χ0v) is 13.4. The summed E-state index contributed by atoms with van der Waals surface area (Å²) in [5.41, 5.74) is -0.188. The van der Waals surface area contributed by atoms with Crippen LogP contribution < -0.4 is 0 Å². The zero-order chi connectivity index (χ0) is 14.9. The van der Waals surface area contributed by atoms with E-state index in [1.807, 2.05) is 20.8 Å². The van der Waals surface area contributed by atoms with Gasteiger partial charge in [0.2, 0.25) is 5.91 Å². The number of nitrogens with zero attached hydrogens (tertiary/aromatic N) is 1. The van der Waals surface area contributed by atoms with E-state index in [1.54, 1.807) is 19.0 Å². The van der Waals surface area contributed by atoms with E-state index in [1.165, 1.54) is 12.8 Å². The monoisotopic (exact) mass is 269 g/mol. The van der Waals surface area contributed by atoms with E-state index in [4.69, 9.17) is 0 Å². The second kappa shape index (κ2) is 9.11. The van der Waals surface area contributed by atoms with E-state index in [-0.39, 0.29) is 11.3 Å². The normalized spacial score (nSPS) is 11.4. The maximum absolute atomic E-state index is 11.7. The SMILES string of the molecule is CN(C)C(=O)CCCCCCCCC(=O)C(C)(C)C. The first-order valence-electron chi connectivity index (χ1n) is 7.48. The maximum Gasteiger partial charge on any atom is 0.222 e. The molecule has 3 nitrogen and oxygen atoms in total. The molecule has 0 aromatic rings. The van der Waals surface area contributed by atoms with Gasteiger partial charge in [-0.05, 0) is 12.8 Å². The number of amides is 1. The van der Waals surface area contributed by atoms with Gasteiger partial charge in [0.25, 0.3) is 0 Å². The summed E-state index contributed by atoms with van der Waals surface area (Å²) >= 11 is 0. The molecule has 19 heavy (non-hydrogen) atoms. The Morgan fingerprint density at radius 2 is 1.21 bits per heavy atom. The molecule has 0 radical (unpaired) electrons. The van der Waals surface area contributed by atoms with Crippen LogP contribution in [0, 0.1) is 5.41 Å². The first-order valence-corrected chi connectivity index (χ1v) is 7.48. The first kappa shape index (κ1) is 18.1. The molecule has 0 saturated carbocycles. The standard InChI is InChI=1S/C16H31NO2/c1-16(2,3)14(18)12-10-8-6-7-9-11-13-15(19)17(4)5/h6-13H2,1-5H3. The number of carbonyl (C=O) groups is 2. The molecule has 0 fully saturated rings. The number of Topliss-reactive ketones (excluding diaryl/α,β-unsaturated/α-hetero) is 1. The van der Waals surface area contributed by atoms with Gasteiger partial charge < -0.3 is 4.90 Å². The molecule has 1 amide bonds. The highest BCUT2D eigenvalue weighted by atomic mass is 16.2. The molecule has 3 heteroatoms. The molecule has 112 valence electrons. The van der Waals surface area contributed by atoms with Crippen LogP contribution in [0.4, 0.5) is 0 Å². The number of ketones is 1. The van der Waals surface area contributed by atoms with Gasteiger partial charge in [0.1, 0.15) is 5.78 Å². The van der Waals surface area contributed by atoms with Crippen LogP contribution in [0.25, 0.3) is 0 Å². The molecule has 0 bridgehead atoms. The molecule has 0 saturated heterocycles. The molecule has 0 aliphatic rings. The zero-order valence-electron chi connectivity index (χ0n) is 13.4. The minimum atomic E-state index is -0.188. The summed E-state index contributed by atoms with van der Waals surface area (Å²) in [6.07, 6.45) is 7.96. The summed E-state index contributed by atoms with van der Waals surface area (Å²) in [7, 11) is 3.60. The third-order valence-corrected chi connectivity index (χ3v) is 3.38. The van der Waals surface area contributed by atoms with Gasteiger partial charge in [-0.1, -0.05) is 46.5 Å². The summed E-state index contributed by atoms with van der Waals surface area (Å²) in [6, 6.07) is 0. The van der Waals surface area contributed by atoms with Crippen LogP contribution in [0.3, 0.4) is 0 Å². The van der Waals surface area contributed by atoms with Gasteiger partial charge in [0.05, 0.1) is 0 Å². The molecule has 0 unspecified atom stereocenters. The largest absolute Gasteiger partial charge is 0.349 e. The molecular formula is C16H31NO2. The van der Waals surface area contributed by atoms with Crippen LogP contribution in [-0.2, 0) is 9.59 Å². The van der Waals surface area contributed by atoms with E-state index in [9.17, 15) is 9.59 Å². The third-order valence-electron chi connectivity index (χ3n) is 3.38. The van der Waals surface area contributed by atoms with Gasteiger partial charge in [0, 0.05) is 32.4 Å². The van der Waals surface area contributed by atoms with Crippen molar-refractivity contribution in [1.82, 2.24) is 4.90 Å². The third kappa shape index (κ3) is 9.69. The van der Waals surface area contributed by atoms with Crippen LogP contribution in [0.15, 0.2) is 0 Å². The van der Waals surface area contributed by atoms with Gasteiger partial charge in [-0.3, -0.25) is 9.59 Å². The highest BCUT2D eigenvalue weighted by molar-refractivity contribution is 5.83. The number of hydrogen-bond donors (Lipinski definition) is 0. The fourth-order valence-corrected chi connectivity index (χ4v) is 1.87. The number of carbonyl (C=O) groups excluding carboxylic acids is 2. The van der Waals surface area contributed by atoms with Crippen molar-refractivity contribution in [3.63, 3.8) is 0 Å². The molecule has 0 atom stereocenters. The van der Waals surface area contributed by atoms with Crippen LogP contribution in [0.1, 0.15) is 72.1 Å². The number of hydrogen-bond acceptors (Lipinski definition) is 2. The lowest BCUT2D eigenvalue weighted by Crippen LogP contribution is -2.20. The topological polar surface area (TPSA) is 37.4 Å². The number of rotatable bonds is 9. The average molecular weight is 269 g/mol. The molecule has 0 N–H and O–H groups in total. The maximum atomic E-state index is 11.7. The molecule has 0 heterocycles. The fourth-order valence-electron chi connectivity index (χ4n) is 1.87. The second-order valence-corrected chi connectivity index (χ2v) is 6.58. The Morgan fingerprint density at radius 1 is 0.789 bits per heavy atom. The van der Waals surface area contributed by atoms with E-state index < -0.39 is 0 Å². The molecule has 0 aliphatic heterocycles. The minimum Gasteiger partial charge on any atom is -0.349 e. The highest BCUT2D eigenvalue weighted by Crippen LogP contribution is 2.19. The lowest BCUT2D eigenvalue weighted by Gasteiger charge is -2.16. The average Bonchev–Trinajstić information content (AvgIpc) is 2.30. The van der Waals surface area contributed by atoms with Crippen molar-refractivity contribution < 1.29 is 9.59 Å². The Balaban J connectivity index is 3.38. The van der Waals surface area contributed by atoms with Crippen molar-refractivity contribution in [2.75, 3.05) is 14.1 Å². The van der Waals surface area contributed by atoms with Gasteiger partial charge in [-0.15, -0.1) is 0 Å². The van der Waals surface area contributed by atoms with Gasteiger partial charge >= 0.3 is 0 Å². The quantitative estimate of drug-likeness (QED) is 0.597. The lowest BCUT2D eigenvalue weighted by atomic mass is 9.88. The van der Waals surface area contributed by atoms with Gasteiger partial charge in [0.15, 0.2) is 0 Å².